The quantitative estimate of drug-likeness (QED) is 0.0499. The van der Waals surface area contributed by atoms with Gasteiger partial charge in [0.05, 0.1) is 98.2 Å². The minimum atomic E-state index is -3.47. The number of carboxylic acids is 1. The van der Waals surface area contributed by atoms with Gasteiger partial charge in [0.1, 0.15) is 5.25 Å². The van der Waals surface area contributed by atoms with Gasteiger partial charge < -0.3 is 30.7 Å². The lowest BCUT2D eigenvalue weighted by atomic mass is 9.93. The first-order valence-electron chi connectivity index (χ1n) is 28.2. The molecule has 2 amide bonds. The van der Waals surface area contributed by atoms with Crippen molar-refractivity contribution in [1.29, 1.82) is 10.5 Å². The Morgan fingerprint density at radius 2 is 1.05 bits per heavy atom. The minimum Gasteiger partial charge on any atom is -0.478 e. The Morgan fingerprint density at radius 1 is 0.648 bits per heavy atom. The SMILES string of the molecule is CC(C)(C)C(=O)N1CCC(n2cc(Nc3ncc(Cl)c(-c4ccc(C(=O)O)cc4)n3)cn2)CC1.C[C@@H](C#N)CC(=O)c1ccc(-c2nc(Nc3cnn(C4CCN(C(=O)C(C)(C)C)CC4)c3)ncc2Cl)cc1.Cc1ccc(S(=O)(=O)[C@@H](C)C#N)cc1.NO. The number of likely N-dealkylation sites (tertiary alicyclic amines) is 2. The highest BCUT2D eigenvalue weighted by Gasteiger charge is 2.33. The summed E-state index contributed by atoms with van der Waals surface area (Å²) in [7, 11) is -3.47. The van der Waals surface area contributed by atoms with Crippen LogP contribution >= 0.6 is 23.2 Å². The summed E-state index contributed by atoms with van der Waals surface area (Å²) in [6, 6.07) is 24.1. The van der Waals surface area contributed by atoms with Crippen LogP contribution in [0.2, 0.25) is 10.0 Å². The number of nitrogens with two attached hydrogens (primary N) is 1. The molecule has 0 radical (unpaired) electrons. The number of carbonyl (C=O) groups excluding carboxylic acids is 3. The molecule has 0 aliphatic carbocycles. The molecule has 0 bridgehead atoms. The van der Waals surface area contributed by atoms with Crippen LogP contribution in [0, 0.1) is 46.3 Å². The van der Waals surface area contributed by atoms with E-state index in [0.717, 1.165) is 61.3 Å². The number of nitriles is 2. The molecule has 3 aromatic carbocycles. The number of sulfone groups is 1. The molecule has 6 N–H and O–H groups in total. The standard InChI is InChI=1S/C28H32ClN7O2.C24H27ClN6O3.C10H11NO2S.H3NO/c1-18(14-30)13-24(37)19-5-7-20(8-6-19)25-23(29)16-31-27(34-25)33-21-15-32-36(17-21)22-9-11-35(12-10-22)26(38)28(2,3)4;1-24(2,3)22(34)30-10-8-18(9-11-30)31-14-17(12-27-31)28-23-26-13-19(25)20(29-23)15-4-6-16(7-5-15)21(32)33;1-8-3-5-10(6-4-8)14(12,13)9(2)7-11;1-2/h5-8,15-18,22H,9-13H2,1-4H3,(H,31,33,34);4-7,12-14,18H,8-11H2,1-3H3,(H,32,33)(H,26,28,29);3-6,9H,1-2H3;2H,1H2/t18-;;9-;/m1.0./s1. The van der Waals surface area contributed by atoms with E-state index >= 15 is 0 Å². The largest absolute Gasteiger partial charge is 0.478 e. The highest BCUT2D eigenvalue weighted by Crippen LogP contribution is 2.32. The maximum absolute atomic E-state index is 12.6. The third-order valence-electron chi connectivity index (χ3n) is 14.3. The molecule has 2 aliphatic heterocycles. The molecule has 464 valence electrons. The van der Waals surface area contributed by atoms with Gasteiger partial charge in [-0.3, -0.25) is 23.7 Å². The normalized spacial score (nSPS) is 14.4. The second kappa shape index (κ2) is 30.3. The average molecular weight is 1260 g/mol. The number of hydrogen-bond donors (Lipinski definition) is 5. The Bertz CT molecular complexity index is 3740. The number of aromatic carboxylic acids is 1. The second-order valence-corrected chi connectivity index (χ2v) is 26.3. The van der Waals surface area contributed by atoms with Crippen molar-refractivity contribution in [3.8, 4) is 34.7 Å². The summed E-state index contributed by atoms with van der Waals surface area (Å²) in [6.45, 7) is 19.5. The fourth-order valence-electron chi connectivity index (χ4n) is 9.37. The number of Topliss-reactive ketones (excluding diaryl/α,β-unsaturated/α-hetero) is 1. The van der Waals surface area contributed by atoms with E-state index in [1.807, 2.05) is 80.0 Å². The molecule has 88 heavy (non-hydrogen) atoms. The summed E-state index contributed by atoms with van der Waals surface area (Å²) in [6.07, 6.45) is 13.9. The van der Waals surface area contributed by atoms with E-state index in [9.17, 15) is 27.6 Å². The molecule has 23 nitrogen and oxygen atoms in total. The zero-order chi connectivity index (χ0) is 64.7. The van der Waals surface area contributed by atoms with Gasteiger partial charge in [-0.05, 0) is 70.7 Å². The van der Waals surface area contributed by atoms with E-state index in [1.165, 1.54) is 43.6 Å². The van der Waals surface area contributed by atoms with Crippen LogP contribution in [0.25, 0.3) is 22.5 Å². The van der Waals surface area contributed by atoms with Gasteiger partial charge >= 0.3 is 5.97 Å². The Hall–Kier alpha value is -8.65. The first kappa shape index (κ1) is 68.5. The molecule has 4 aromatic heterocycles. The van der Waals surface area contributed by atoms with Crippen LogP contribution in [0.15, 0.2) is 115 Å². The van der Waals surface area contributed by atoms with Gasteiger partial charge in [-0.15, -0.1) is 0 Å². The number of benzene rings is 3. The molecule has 2 aliphatic rings. The van der Waals surface area contributed by atoms with Crippen molar-refractivity contribution in [2.24, 2.45) is 22.6 Å². The van der Waals surface area contributed by atoms with E-state index in [4.69, 9.17) is 44.0 Å². The Kier molecular flexibility index (Phi) is 23.6. The predicted molar refractivity (Wildman–Crippen MR) is 335 cm³/mol. The molecule has 9 rings (SSSR count). The van der Waals surface area contributed by atoms with E-state index in [-0.39, 0.29) is 63.3 Å². The fraction of sp³-hybridized carbons (Fsp3) is 0.387. The van der Waals surface area contributed by atoms with Crippen molar-refractivity contribution in [3.63, 3.8) is 0 Å². The second-order valence-electron chi connectivity index (χ2n) is 23.2. The predicted octanol–water partition coefficient (Wildman–Crippen LogP) is 11.3. The van der Waals surface area contributed by atoms with Crippen LogP contribution < -0.4 is 16.5 Å². The lowest BCUT2D eigenvalue weighted by molar-refractivity contribution is -0.141. The molecule has 2 fully saturated rings. The Balaban J connectivity index is 0.000000227. The third kappa shape index (κ3) is 18.2. The average Bonchev–Trinajstić information content (AvgIpc) is 4.37. The molecule has 26 heteroatoms. The number of anilines is 4. The van der Waals surface area contributed by atoms with Crippen LogP contribution in [0.5, 0.6) is 0 Å². The van der Waals surface area contributed by atoms with Crippen molar-refractivity contribution < 1.29 is 37.9 Å². The van der Waals surface area contributed by atoms with Crippen molar-refractivity contribution in [3.05, 3.63) is 137 Å². The first-order chi connectivity index (χ1) is 41.6. The Morgan fingerprint density at radius 3 is 1.41 bits per heavy atom. The summed E-state index contributed by atoms with van der Waals surface area (Å²) in [4.78, 5) is 70.2. The zero-order valence-corrected chi connectivity index (χ0v) is 52.8. The lowest BCUT2D eigenvalue weighted by Crippen LogP contribution is -2.44. The third-order valence-corrected chi connectivity index (χ3v) is 16.9. The topological polar surface area (TPSA) is 334 Å². The molecule has 7 aromatic rings. The lowest BCUT2D eigenvalue weighted by Gasteiger charge is -2.35. The van der Waals surface area contributed by atoms with Gasteiger partial charge in [0.25, 0.3) is 0 Å². The summed E-state index contributed by atoms with van der Waals surface area (Å²) in [5, 5.41) is 48.2. The van der Waals surface area contributed by atoms with E-state index in [0.29, 0.717) is 57.5 Å². The van der Waals surface area contributed by atoms with Crippen LogP contribution in [-0.2, 0) is 19.4 Å². The molecule has 2 atom stereocenters. The number of nitrogens with zero attached hydrogens (tertiary/aromatic N) is 12. The molecular formula is C62H73Cl2N15O8S. The highest BCUT2D eigenvalue weighted by molar-refractivity contribution is 7.92. The number of halogens is 2. The van der Waals surface area contributed by atoms with Gasteiger partial charge in [0, 0.05) is 72.5 Å². The first-order valence-corrected chi connectivity index (χ1v) is 30.5. The van der Waals surface area contributed by atoms with Gasteiger partial charge in [-0.1, -0.05) is 119 Å². The smallest absolute Gasteiger partial charge is 0.335 e. The summed E-state index contributed by atoms with van der Waals surface area (Å²) < 4.78 is 27.2. The maximum Gasteiger partial charge on any atom is 0.335 e. The number of carboxylic acid groups (broad SMARTS) is 1. The van der Waals surface area contributed by atoms with E-state index in [2.05, 4.69) is 52.7 Å². The molecule has 0 saturated carbocycles. The van der Waals surface area contributed by atoms with Crippen LogP contribution in [-0.4, -0.2) is 123 Å². The number of nitrogens with one attached hydrogen (secondary N) is 2. The number of amides is 2. The summed E-state index contributed by atoms with van der Waals surface area (Å²) in [5.74, 6) is 3.19. The number of ketones is 1. The van der Waals surface area contributed by atoms with Gasteiger partial charge in [0.2, 0.25) is 23.7 Å². The zero-order valence-electron chi connectivity index (χ0n) is 50.5. The molecular weight excluding hydrogens is 1190 g/mol. The van der Waals surface area contributed by atoms with E-state index in [1.54, 1.807) is 73.9 Å². The summed E-state index contributed by atoms with van der Waals surface area (Å²) in [5.41, 5.74) is 4.94. The van der Waals surface area contributed by atoms with Gasteiger partial charge in [-0.25, -0.2) is 39.0 Å². The van der Waals surface area contributed by atoms with Crippen molar-refractivity contribution in [2.75, 3.05) is 36.8 Å². The number of carbonyl (C=O) groups is 4. The van der Waals surface area contributed by atoms with Gasteiger partial charge in [0.15, 0.2) is 15.6 Å². The molecule has 0 spiro atoms. The van der Waals surface area contributed by atoms with Crippen molar-refractivity contribution >= 4 is 79.9 Å². The van der Waals surface area contributed by atoms with Crippen LogP contribution in [0.3, 0.4) is 0 Å². The number of piperidine rings is 2. The highest BCUT2D eigenvalue weighted by atomic mass is 35.5. The van der Waals surface area contributed by atoms with Crippen molar-refractivity contribution in [1.82, 2.24) is 49.3 Å². The van der Waals surface area contributed by atoms with E-state index < -0.39 is 21.1 Å². The number of rotatable bonds is 14. The number of aryl methyl sites for hydroxylation is 1. The Labute approximate surface area is 522 Å². The molecule has 2 saturated heterocycles. The number of aromatic nitrogens is 8. The van der Waals surface area contributed by atoms with Gasteiger partial charge in [-0.2, -0.15) is 20.7 Å². The maximum atomic E-state index is 12.6. The minimum absolute atomic E-state index is 0.0785. The monoisotopic (exact) mass is 1260 g/mol. The van der Waals surface area contributed by atoms with Crippen LogP contribution in [0.4, 0.5) is 23.3 Å². The van der Waals surface area contributed by atoms with Crippen molar-refractivity contribution in [2.45, 2.75) is 117 Å². The summed E-state index contributed by atoms with van der Waals surface area (Å²) >= 11 is 12.7. The molecule has 6 heterocycles. The van der Waals surface area contributed by atoms with Crippen LogP contribution in [0.1, 0.15) is 126 Å². The molecule has 0 unspecified atom stereocenters. The fourth-order valence-corrected chi connectivity index (χ4v) is 10.8. The number of hydrogen-bond acceptors (Lipinski definition) is 18.